The van der Waals surface area contributed by atoms with Gasteiger partial charge in [0.25, 0.3) is 0 Å². The van der Waals surface area contributed by atoms with Gasteiger partial charge in [0.2, 0.25) is 0 Å². The van der Waals surface area contributed by atoms with Crippen molar-refractivity contribution >= 4 is 11.6 Å². The highest BCUT2D eigenvalue weighted by molar-refractivity contribution is 5.79. The summed E-state index contributed by atoms with van der Waals surface area (Å²) in [5, 5.41) is 7.06. The van der Waals surface area contributed by atoms with Crippen LogP contribution in [0.15, 0.2) is 52.3 Å². The average molecular weight is 412 g/mol. The van der Waals surface area contributed by atoms with Gasteiger partial charge in [0.15, 0.2) is 5.96 Å². The van der Waals surface area contributed by atoms with Crippen LogP contribution in [0.25, 0.3) is 0 Å². The minimum atomic E-state index is 0.539. The van der Waals surface area contributed by atoms with E-state index in [4.69, 9.17) is 14.1 Å². The van der Waals surface area contributed by atoms with Gasteiger partial charge in [0.1, 0.15) is 5.76 Å². The van der Waals surface area contributed by atoms with Crippen LogP contribution < -0.4 is 15.5 Å². The third kappa shape index (κ3) is 6.23. The lowest BCUT2D eigenvalue weighted by atomic mass is 9.96. The molecule has 30 heavy (non-hydrogen) atoms. The number of aromatic nitrogens is 1. The predicted octanol–water partition coefficient (Wildman–Crippen LogP) is 2.71. The molecule has 4 heterocycles. The van der Waals surface area contributed by atoms with Crippen LogP contribution in [0.5, 0.6) is 0 Å². The number of nitrogens with one attached hydrogen (secondary N) is 2. The molecule has 0 saturated carbocycles. The smallest absolute Gasteiger partial charge is 0.191 e. The molecule has 2 fully saturated rings. The lowest BCUT2D eigenvalue weighted by molar-refractivity contribution is 0.187. The normalized spacial score (nSPS) is 20.5. The van der Waals surface area contributed by atoms with Gasteiger partial charge in [-0.15, -0.1) is 0 Å². The first-order valence-electron chi connectivity index (χ1n) is 11.1. The van der Waals surface area contributed by atoms with Gasteiger partial charge in [0.05, 0.1) is 12.9 Å². The number of furan rings is 1. The van der Waals surface area contributed by atoms with Gasteiger partial charge in [-0.2, -0.15) is 0 Å². The summed E-state index contributed by atoms with van der Waals surface area (Å²) in [5.74, 6) is 3.10. The zero-order chi connectivity index (χ0) is 20.4. The van der Waals surface area contributed by atoms with Crippen LogP contribution in [0, 0.1) is 11.8 Å². The molecule has 162 valence electrons. The second-order valence-corrected chi connectivity index (χ2v) is 8.19. The molecule has 0 bridgehead atoms. The number of rotatable bonds is 8. The minimum Gasteiger partial charge on any atom is -0.469 e. The molecule has 0 spiro atoms. The van der Waals surface area contributed by atoms with E-state index in [2.05, 4.69) is 32.7 Å². The first kappa shape index (κ1) is 20.7. The number of hydrogen-bond donors (Lipinski definition) is 2. The van der Waals surface area contributed by atoms with Crippen molar-refractivity contribution in [3.8, 4) is 0 Å². The van der Waals surface area contributed by atoms with E-state index in [1.165, 1.54) is 18.5 Å². The summed E-state index contributed by atoms with van der Waals surface area (Å²) >= 11 is 0. The summed E-state index contributed by atoms with van der Waals surface area (Å²) in [6, 6.07) is 8.14. The Bertz CT molecular complexity index is 751. The molecule has 7 heteroatoms. The Kier molecular flexibility index (Phi) is 7.61. The van der Waals surface area contributed by atoms with E-state index in [-0.39, 0.29) is 0 Å². The standard InChI is InChI=1S/C23H33N5O2/c1-2-22(30-14-1)5-11-25-23(27-17-20-8-15-29-18-20)26-16-19-6-12-28(13-7-19)21-3-9-24-10-4-21/h1-4,9-10,14,19-20H,5-8,11-13,15-18H2,(H2,25,26,27). The maximum atomic E-state index is 5.49. The molecular formula is C23H33N5O2. The fraction of sp³-hybridized carbons (Fsp3) is 0.565. The quantitative estimate of drug-likeness (QED) is 0.514. The zero-order valence-corrected chi connectivity index (χ0v) is 17.6. The second kappa shape index (κ2) is 11.0. The lowest BCUT2D eigenvalue weighted by Crippen LogP contribution is -2.43. The Labute approximate surface area is 178 Å². The van der Waals surface area contributed by atoms with Gasteiger partial charge in [-0.25, -0.2) is 0 Å². The van der Waals surface area contributed by atoms with E-state index in [0.29, 0.717) is 11.8 Å². The van der Waals surface area contributed by atoms with Crippen molar-refractivity contribution < 1.29 is 9.15 Å². The molecule has 0 aliphatic carbocycles. The Balaban J connectivity index is 1.24. The van der Waals surface area contributed by atoms with E-state index >= 15 is 0 Å². The van der Waals surface area contributed by atoms with Gasteiger partial charge in [-0.05, 0) is 49.4 Å². The maximum absolute atomic E-state index is 5.49. The Hall–Kier alpha value is -2.54. The third-order valence-corrected chi connectivity index (χ3v) is 5.98. The zero-order valence-electron chi connectivity index (χ0n) is 17.6. The molecule has 2 aliphatic heterocycles. The van der Waals surface area contributed by atoms with Crippen LogP contribution in [-0.4, -0.2) is 56.9 Å². The second-order valence-electron chi connectivity index (χ2n) is 8.19. The number of nitrogens with zero attached hydrogens (tertiary/aromatic N) is 3. The Morgan fingerprint density at radius 2 is 1.97 bits per heavy atom. The van der Waals surface area contributed by atoms with Crippen molar-refractivity contribution in [3.63, 3.8) is 0 Å². The molecule has 7 nitrogen and oxygen atoms in total. The summed E-state index contributed by atoms with van der Waals surface area (Å²) in [7, 11) is 0. The van der Waals surface area contributed by atoms with E-state index in [1.54, 1.807) is 6.26 Å². The topological polar surface area (TPSA) is 74.9 Å². The number of guanidine groups is 1. The van der Waals surface area contributed by atoms with Crippen LogP contribution in [-0.2, 0) is 11.2 Å². The molecular weight excluding hydrogens is 378 g/mol. The Morgan fingerprint density at radius 1 is 1.10 bits per heavy atom. The van der Waals surface area contributed by atoms with Crippen LogP contribution in [0.3, 0.4) is 0 Å². The number of anilines is 1. The predicted molar refractivity (Wildman–Crippen MR) is 119 cm³/mol. The molecule has 0 amide bonds. The summed E-state index contributed by atoms with van der Waals surface area (Å²) in [4.78, 5) is 11.4. The van der Waals surface area contributed by atoms with Gasteiger partial charge in [-0.1, -0.05) is 0 Å². The van der Waals surface area contributed by atoms with Crippen molar-refractivity contribution in [3.05, 3.63) is 48.7 Å². The molecule has 1 atom stereocenters. The summed E-state index contributed by atoms with van der Waals surface area (Å²) < 4.78 is 10.9. The highest BCUT2D eigenvalue weighted by atomic mass is 16.5. The van der Waals surface area contributed by atoms with Crippen molar-refractivity contribution in [2.24, 2.45) is 16.8 Å². The van der Waals surface area contributed by atoms with Gasteiger partial charge >= 0.3 is 0 Å². The molecule has 4 rings (SSSR count). The fourth-order valence-corrected chi connectivity index (χ4v) is 4.07. The average Bonchev–Trinajstić information content (AvgIpc) is 3.51. The third-order valence-electron chi connectivity index (χ3n) is 5.98. The van der Waals surface area contributed by atoms with Gasteiger partial charge < -0.3 is 24.7 Å². The molecule has 2 aromatic heterocycles. The SMILES string of the molecule is c1coc(CCNC(=NCC2CCOC2)NCC2CCN(c3ccncc3)CC2)c1. The van der Waals surface area contributed by atoms with Crippen molar-refractivity contribution in [1.82, 2.24) is 15.6 Å². The number of hydrogen-bond acceptors (Lipinski definition) is 5. The van der Waals surface area contributed by atoms with Crippen LogP contribution in [0.4, 0.5) is 5.69 Å². The molecule has 0 aromatic carbocycles. The van der Waals surface area contributed by atoms with E-state index in [9.17, 15) is 0 Å². The highest BCUT2D eigenvalue weighted by Crippen LogP contribution is 2.22. The Morgan fingerprint density at radius 3 is 2.70 bits per heavy atom. The monoisotopic (exact) mass is 411 g/mol. The number of pyridine rings is 1. The number of ether oxygens (including phenoxy) is 1. The molecule has 1 unspecified atom stereocenters. The molecule has 2 N–H and O–H groups in total. The van der Waals surface area contributed by atoms with E-state index in [1.807, 2.05) is 24.5 Å². The van der Waals surface area contributed by atoms with Crippen LogP contribution in [0.2, 0.25) is 0 Å². The van der Waals surface area contributed by atoms with Crippen molar-refractivity contribution in [1.29, 1.82) is 0 Å². The number of aliphatic imine (C=N–C) groups is 1. The first-order chi connectivity index (χ1) is 14.9. The minimum absolute atomic E-state index is 0.539. The highest BCUT2D eigenvalue weighted by Gasteiger charge is 2.20. The van der Waals surface area contributed by atoms with Crippen LogP contribution in [0.1, 0.15) is 25.0 Å². The van der Waals surface area contributed by atoms with Crippen molar-refractivity contribution in [2.45, 2.75) is 25.7 Å². The number of piperidine rings is 1. The first-order valence-corrected chi connectivity index (χ1v) is 11.1. The van der Waals surface area contributed by atoms with Gasteiger partial charge in [0, 0.05) is 69.8 Å². The molecule has 2 saturated heterocycles. The van der Waals surface area contributed by atoms with E-state index in [0.717, 1.165) is 70.5 Å². The van der Waals surface area contributed by atoms with E-state index < -0.39 is 0 Å². The van der Waals surface area contributed by atoms with Gasteiger partial charge in [-0.3, -0.25) is 9.98 Å². The van der Waals surface area contributed by atoms with Crippen LogP contribution >= 0.6 is 0 Å². The molecule has 2 aromatic rings. The molecule has 0 radical (unpaired) electrons. The summed E-state index contributed by atoms with van der Waals surface area (Å²) in [6.07, 6.45) is 9.80. The largest absolute Gasteiger partial charge is 0.469 e. The van der Waals surface area contributed by atoms with Crippen molar-refractivity contribution in [2.75, 3.05) is 50.8 Å². The summed E-state index contributed by atoms with van der Waals surface area (Å²) in [6.45, 7) is 6.46. The lowest BCUT2D eigenvalue weighted by Gasteiger charge is -2.33. The maximum Gasteiger partial charge on any atom is 0.191 e. The molecule has 2 aliphatic rings. The fourth-order valence-electron chi connectivity index (χ4n) is 4.07. The summed E-state index contributed by atoms with van der Waals surface area (Å²) in [5.41, 5.74) is 1.28.